The van der Waals surface area contributed by atoms with Crippen LogP contribution >= 0.6 is 22.9 Å². The van der Waals surface area contributed by atoms with Gasteiger partial charge in [-0.15, -0.1) is 11.3 Å². The number of thiophene rings is 1. The number of rotatable bonds is 3. The van der Waals surface area contributed by atoms with Crippen LogP contribution in [0.25, 0.3) is 11.0 Å². The molecule has 0 aliphatic rings. The van der Waals surface area contributed by atoms with Crippen LogP contribution in [0.1, 0.15) is 27.9 Å². The maximum absolute atomic E-state index is 12.4. The molecule has 3 rings (SSSR count). The second-order valence-corrected chi connectivity index (χ2v) is 5.55. The zero-order valence-electron chi connectivity index (χ0n) is 10.3. The highest BCUT2D eigenvalue weighted by Crippen LogP contribution is 2.29. The molecule has 0 saturated heterocycles. The van der Waals surface area contributed by atoms with Crippen molar-refractivity contribution < 1.29 is 9.21 Å². The fourth-order valence-corrected chi connectivity index (χ4v) is 3.22. The molecule has 96 valence electrons. The Bertz CT molecular complexity index is 754. The molecule has 0 unspecified atom stereocenters. The van der Waals surface area contributed by atoms with Crippen molar-refractivity contribution in [3.8, 4) is 0 Å². The molecule has 0 saturated carbocycles. The number of hydrogen-bond acceptors (Lipinski definition) is 3. The Morgan fingerprint density at radius 1 is 1.37 bits per heavy atom. The smallest absolute Gasteiger partial charge is 0.238 e. The van der Waals surface area contributed by atoms with Crippen LogP contribution in [0.3, 0.4) is 0 Å². The highest BCUT2D eigenvalue weighted by Gasteiger charge is 2.19. The lowest BCUT2D eigenvalue weighted by atomic mass is 10.1. The largest absolute Gasteiger partial charge is 0.451 e. The van der Waals surface area contributed by atoms with Gasteiger partial charge in [0, 0.05) is 5.39 Å². The van der Waals surface area contributed by atoms with Gasteiger partial charge in [-0.25, -0.2) is 0 Å². The molecule has 0 bridgehead atoms. The van der Waals surface area contributed by atoms with Gasteiger partial charge < -0.3 is 4.42 Å². The van der Waals surface area contributed by atoms with Crippen molar-refractivity contribution in [2.75, 3.05) is 0 Å². The fraction of sp³-hybridized carbons (Fsp3) is 0.133. The minimum Gasteiger partial charge on any atom is -0.451 e. The first-order valence-corrected chi connectivity index (χ1v) is 7.25. The van der Waals surface area contributed by atoms with Gasteiger partial charge in [-0.1, -0.05) is 30.7 Å². The number of halogens is 1. The van der Waals surface area contributed by atoms with Gasteiger partial charge in [0.15, 0.2) is 11.3 Å². The van der Waals surface area contributed by atoms with Crippen molar-refractivity contribution in [2.45, 2.75) is 13.3 Å². The van der Waals surface area contributed by atoms with E-state index in [1.807, 2.05) is 30.5 Å². The van der Waals surface area contributed by atoms with Gasteiger partial charge in [0.2, 0.25) is 5.78 Å². The molecular weight excluding hydrogens is 280 g/mol. The summed E-state index contributed by atoms with van der Waals surface area (Å²) in [6.07, 6.45) is 0.839. The van der Waals surface area contributed by atoms with E-state index in [0.29, 0.717) is 16.4 Å². The summed E-state index contributed by atoms with van der Waals surface area (Å²) in [6, 6.07) is 9.22. The van der Waals surface area contributed by atoms with Crippen molar-refractivity contribution in [3.63, 3.8) is 0 Å². The van der Waals surface area contributed by atoms with E-state index in [1.165, 1.54) is 11.3 Å². The van der Waals surface area contributed by atoms with Crippen LogP contribution in [0.2, 0.25) is 5.02 Å². The van der Waals surface area contributed by atoms with Gasteiger partial charge in [-0.3, -0.25) is 4.79 Å². The monoisotopic (exact) mass is 290 g/mol. The lowest BCUT2D eigenvalue weighted by molar-refractivity contribution is 0.101. The number of hydrogen-bond donors (Lipinski definition) is 0. The highest BCUT2D eigenvalue weighted by molar-refractivity contribution is 7.12. The van der Waals surface area contributed by atoms with Crippen molar-refractivity contribution in [2.24, 2.45) is 0 Å². The molecule has 0 amide bonds. The van der Waals surface area contributed by atoms with E-state index in [-0.39, 0.29) is 5.78 Å². The van der Waals surface area contributed by atoms with E-state index in [4.69, 9.17) is 16.0 Å². The normalized spacial score (nSPS) is 11.1. The van der Waals surface area contributed by atoms with E-state index in [2.05, 4.69) is 0 Å². The van der Waals surface area contributed by atoms with Gasteiger partial charge in [-0.05, 0) is 35.6 Å². The lowest BCUT2D eigenvalue weighted by Crippen LogP contribution is -1.99. The maximum Gasteiger partial charge on any atom is 0.238 e. The Labute approximate surface area is 119 Å². The molecule has 1 aromatic carbocycles. The molecule has 0 fully saturated rings. The van der Waals surface area contributed by atoms with E-state index in [0.717, 1.165) is 22.2 Å². The number of ketones is 1. The van der Waals surface area contributed by atoms with Crippen molar-refractivity contribution in [3.05, 3.63) is 56.9 Å². The Kier molecular flexibility index (Phi) is 3.17. The van der Waals surface area contributed by atoms with Crippen LogP contribution in [0.5, 0.6) is 0 Å². The van der Waals surface area contributed by atoms with Gasteiger partial charge in [0.25, 0.3) is 0 Å². The molecule has 2 aromatic heterocycles. The van der Waals surface area contributed by atoms with E-state index >= 15 is 0 Å². The second kappa shape index (κ2) is 4.83. The van der Waals surface area contributed by atoms with Crippen molar-refractivity contribution in [1.29, 1.82) is 0 Å². The third kappa shape index (κ3) is 2.09. The van der Waals surface area contributed by atoms with E-state index in [1.54, 1.807) is 12.1 Å². The summed E-state index contributed by atoms with van der Waals surface area (Å²) in [5, 5.41) is 3.31. The number of benzene rings is 1. The number of aryl methyl sites for hydroxylation is 1. The summed E-state index contributed by atoms with van der Waals surface area (Å²) in [7, 11) is 0. The summed E-state index contributed by atoms with van der Waals surface area (Å²) >= 11 is 7.50. The molecule has 2 heterocycles. The van der Waals surface area contributed by atoms with E-state index < -0.39 is 0 Å². The third-order valence-corrected chi connectivity index (χ3v) is 4.31. The molecule has 0 atom stereocenters. The number of fused-ring (bicyclic) bond motifs is 1. The van der Waals surface area contributed by atoms with E-state index in [9.17, 15) is 4.79 Å². The molecule has 0 aliphatic carbocycles. The number of carbonyl (C=O) groups is 1. The summed E-state index contributed by atoms with van der Waals surface area (Å²) in [5.41, 5.74) is 1.63. The summed E-state index contributed by atoms with van der Waals surface area (Å²) < 4.78 is 5.61. The van der Waals surface area contributed by atoms with Gasteiger partial charge in [-0.2, -0.15) is 0 Å². The topological polar surface area (TPSA) is 30.2 Å². The summed E-state index contributed by atoms with van der Waals surface area (Å²) in [6.45, 7) is 2.04. The zero-order valence-corrected chi connectivity index (χ0v) is 11.8. The standard InChI is InChI=1S/C15H11ClO2S/c1-2-9-6-7-19-15(9)13(17)12-8-10-4-3-5-11(16)14(10)18-12/h3-8H,2H2,1H3. The van der Waals surface area contributed by atoms with Gasteiger partial charge in [0.05, 0.1) is 9.90 Å². The van der Waals surface area contributed by atoms with Crippen molar-refractivity contribution in [1.82, 2.24) is 0 Å². The van der Waals surface area contributed by atoms with Crippen LogP contribution < -0.4 is 0 Å². The minimum atomic E-state index is -0.0703. The number of carbonyl (C=O) groups excluding carboxylic acids is 1. The molecule has 19 heavy (non-hydrogen) atoms. The molecule has 2 nitrogen and oxygen atoms in total. The first-order chi connectivity index (χ1) is 9.20. The van der Waals surface area contributed by atoms with Crippen LogP contribution in [0.15, 0.2) is 40.1 Å². The first kappa shape index (κ1) is 12.5. The highest BCUT2D eigenvalue weighted by atomic mass is 35.5. The Hall–Kier alpha value is -1.58. The fourth-order valence-electron chi connectivity index (χ4n) is 2.06. The van der Waals surface area contributed by atoms with Crippen molar-refractivity contribution >= 4 is 39.7 Å². The molecular formula is C15H11ClO2S. The first-order valence-electron chi connectivity index (χ1n) is 6.00. The number of furan rings is 1. The third-order valence-electron chi connectivity index (χ3n) is 3.05. The van der Waals surface area contributed by atoms with Crippen LogP contribution in [0, 0.1) is 0 Å². The van der Waals surface area contributed by atoms with Crippen LogP contribution in [-0.4, -0.2) is 5.78 Å². The predicted octanol–water partition coefficient (Wildman–Crippen LogP) is 4.94. The van der Waals surface area contributed by atoms with Gasteiger partial charge >= 0.3 is 0 Å². The SMILES string of the molecule is CCc1ccsc1C(=O)c1cc2cccc(Cl)c2o1. The number of para-hydroxylation sites is 1. The summed E-state index contributed by atoms with van der Waals surface area (Å²) in [4.78, 5) is 13.2. The predicted molar refractivity (Wildman–Crippen MR) is 78.4 cm³/mol. The average Bonchev–Trinajstić information content (AvgIpc) is 3.04. The second-order valence-electron chi connectivity index (χ2n) is 4.23. The van der Waals surface area contributed by atoms with Gasteiger partial charge in [0.1, 0.15) is 0 Å². The zero-order chi connectivity index (χ0) is 13.4. The Morgan fingerprint density at radius 2 is 2.21 bits per heavy atom. The Morgan fingerprint density at radius 3 is 2.95 bits per heavy atom. The van der Waals surface area contributed by atoms with Crippen LogP contribution in [-0.2, 0) is 6.42 Å². The lowest BCUT2D eigenvalue weighted by Gasteiger charge is -1.97. The Balaban J connectivity index is 2.09. The molecule has 4 heteroatoms. The molecule has 0 radical (unpaired) electrons. The molecule has 0 N–H and O–H groups in total. The minimum absolute atomic E-state index is 0.0703. The molecule has 0 aliphatic heterocycles. The molecule has 3 aromatic rings. The summed E-state index contributed by atoms with van der Waals surface area (Å²) in [5.74, 6) is 0.277. The molecule has 0 spiro atoms. The van der Waals surface area contributed by atoms with Crippen LogP contribution in [0.4, 0.5) is 0 Å². The quantitative estimate of drug-likeness (QED) is 0.640. The average molecular weight is 291 g/mol. The maximum atomic E-state index is 12.4.